The fourth-order valence-corrected chi connectivity index (χ4v) is 3.08. The van der Waals surface area contributed by atoms with Crippen LogP contribution in [0, 0.1) is 3.57 Å². The Morgan fingerprint density at radius 3 is 2.65 bits per heavy atom. The van der Waals surface area contributed by atoms with Crippen LogP contribution in [0.25, 0.3) is 0 Å². The Kier molecular flexibility index (Phi) is 6.60. The predicted octanol–water partition coefficient (Wildman–Crippen LogP) is 3.57. The monoisotopic (exact) mass is 439 g/mol. The van der Waals surface area contributed by atoms with Crippen molar-refractivity contribution >= 4 is 51.7 Å². The second-order valence-electron chi connectivity index (χ2n) is 4.50. The Hall–Kier alpha value is -1.87. The third-order valence-electron chi connectivity index (χ3n) is 2.82. The molecule has 2 aromatic carbocycles. The smallest absolute Gasteiger partial charge is 0.336 e. The second-order valence-corrected chi connectivity index (χ2v) is 6.66. The molecule has 0 aliphatic rings. The lowest BCUT2D eigenvalue weighted by Crippen LogP contribution is -2.06. The van der Waals surface area contributed by atoms with E-state index in [1.165, 1.54) is 17.3 Å². The number of carbonyl (C=O) groups is 1. The fraction of sp³-hybridized carbons (Fsp3) is 0.0625. The van der Waals surface area contributed by atoms with E-state index in [1.54, 1.807) is 24.4 Å². The van der Waals surface area contributed by atoms with Gasteiger partial charge in [-0.1, -0.05) is 48.2 Å². The van der Waals surface area contributed by atoms with Gasteiger partial charge in [-0.05, 0) is 45.9 Å². The molecule has 0 heterocycles. The van der Waals surface area contributed by atoms with E-state index in [2.05, 4.69) is 10.2 Å². The van der Waals surface area contributed by atoms with E-state index < -0.39 is 5.97 Å². The molecule has 0 aliphatic heterocycles. The summed E-state index contributed by atoms with van der Waals surface area (Å²) in [6.45, 7) is 0. The number of aromatic carboxylic acids is 1. The first kappa shape index (κ1) is 17.5. The van der Waals surface area contributed by atoms with Gasteiger partial charge in [0.25, 0.3) is 0 Å². The summed E-state index contributed by atoms with van der Waals surface area (Å²) in [6, 6.07) is 14.9. The van der Waals surface area contributed by atoms with Crippen LogP contribution in [0.15, 0.2) is 58.7 Å². The number of carboxylic acids is 1. The average Bonchev–Trinajstić information content (AvgIpc) is 2.53. The molecule has 7 heteroatoms. The van der Waals surface area contributed by atoms with Crippen LogP contribution in [-0.2, 0) is 5.75 Å². The summed E-state index contributed by atoms with van der Waals surface area (Å²) in [7, 11) is 0. The van der Waals surface area contributed by atoms with Crippen LogP contribution in [0.5, 0.6) is 0 Å². The van der Waals surface area contributed by atoms with E-state index in [-0.39, 0.29) is 5.56 Å². The number of rotatable bonds is 5. The minimum Gasteiger partial charge on any atom is -0.478 e. The molecule has 0 fully saturated rings. The summed E-state index contributed by atoms with van der Waals surface area (Å²) in [4.78, 5) is 10.9. The lowest BCUT2D eigenvalue weighted by Gasteiger charge is -2.00. The first-order valence-electron chi connectivity index (χ1n) is 6.62. The Balaban J connectivity index is 1.94. The number of nitrogens with two attached hydrogens (primary N) is 1. The summed E-state index contributed by atoms with van der Waals surface area (Å²) in [5.74, 6) is -0.214. The third kappa shape index (κ3) is 5.68. The number of hydrogen-bond acceptors (Lipinski definition) is 4. The van der Waals surface area contributed by atoms with Gasteiger partial charge in [0.15, 0.2) is 5.17 Å². The summed E-state index contributed by atoms with van der Waals surface area (Å²) >= 11 is 3.39. The molecular formula is C16H14IN3O2S. The first-order valence-corrected chi connectivity index (χ1v) is 8.69. The predicted molar refractivity (Wildman–Crippen MR) is 103 cm³/mol. The van der Waals surface area contributed by atoms with Crippen molar-refractivity contribution in [3.05, 3.63) is 68.8 Å². The molecule has 0 bridgehead atoms. The SMILES string of the molecule is NC(=NN=Cc1ccc(C(=O)O)c(I)c1)SCc1ccccc1. The Bertz CT molecular complexity index is 748. The number of thioether (sulfide) groups is 1. The molecule has 0 aromatic heterocycles. The van der Waals surface area contributed by atoms with Crippen molar-refractivity contribution in [3.8, 4) is 0 Å². The molecular weight excluding hydrogens is 425 g/mol. The quantitative estimate of drug-likeness (QED) is 0.323. The number of halogens is 1. The summed E-state index contributed by atoms with van der Waals surface area (Å²) in [5, 5.41) is 17.2. The van der Waals surface area contributed by atoms with Gasteiger partial charge in [-0.3, -0.25) is 0 Å². The van der Waals surface area contributed by atoms with E-state index in [4.69, 9.17) is 10.8 Å². The molecule has 23 heavy (non-hydrogen) atoms. The van der Waals surface area contributed by atoms with Gasteiger partial charge in [-0.2, -0.15) is 5.10 Å². The lowest BCUT2D eigenvalue weighted by atomic mass is 10.1. The van der Waals surface area contributed by atoms with E-state index in [0.717, 1.165) is 11.3 Å². The van der Waals surface area contributed by atoms with E-state index >= 15 is 0 Å². The minimum absolute atomic E-state index is 0.268. The normalized spacial score (nSPS) is 11.8. The van der Waals surface area contributed by atoms with Crippen LogP contribution >= 0.6 is 34.4 Å². The number of hydrogen-bond donors (Lipinski definition) is 2. The molecule has 0 saturated heterocycles. The molecule has 0 radical (unpaired) electrons. The summed E-state index contributed by atoms with van der Waals surface area (Å²) in [5.41, 5.74) is 8.00. The van der Waals surface area contributed by atoms with Crippen LogP contribution in [-0.4, -0.2) is 22.5 Å². The van der Waals surface area contributed by atoms with E-state index in [0.29, 0.717) is 8.74 Å². The largest absolute Gasteiger partial charge is 0.478 e. The van der Waals surface area contributed by atoms with Gasteiger partial charge >= 0.3 is 5.97 Å². The maximum atomic E-state index is 10.9. The van der Waals surface area contributed by atoms with Crippen molar-refractivity contribution in [1.82, 2.24) is 0 Å². The number of nitrogens with zero attached hydrogens (tertiary/aromatic N) is 2. The Morgan fingerprint density at radius 1 is 1.26 bits per heavy atom. The summed E-state index contributed by atoms with van der Waals surface area (Å²) in [6.07, 6.45) is 1.55. The van der Waals surface area contributed by atoms with Gasteiger partial charge in [-0.25, -0.2) is 4.79 Å². The standard InChI is InChI=1S/C16H14IN3O2S/c17-14-8-12(6-7-13(14)15(21)22)9-19-20-16(18)23-10-11-4-2-1-3-5-11/h1-9H,10H2,(H2,18,20)(H,21,22). The molecule has 3 N–H and O–H groups in total. The van der Waals surface area contributed by atoms with Crippen molar-refractivity contribution in [2.45, 2.75) is 5.75 Å². The maximum Gasteiger partial charge on any atom is 0.336 e. The zero-order chi connectivity index (χ0) is 16.7. The van der Waals surface area contributed by atoms with Gasteiger partial charge in [0.1, 0.15) is 0 Å². The topological polar surface area (TPSA) is 88.0 Å². The molecule has 2 aromatic rings. The van der Waals surface area contributed by atoms with E-state index in [9.17, 15) is 4.79 Å². The van der Waals surface area contributed by atoms with Crippen LogP contribution < -0.4 is 5.73 Å². The van der Waals surface area contributed by atoms with Gasteiger partial charge in [0.2, 0.25) is 0 Å². The van der Waals surface area contributed by atoms with Crippen LogP contribution in [0.2, 0.25) is 0 Å². The molecule has 0 saturated carbocycles. The minimum atomic E-state index is -0.947. The number of benzene rings is 2. The fourth-order valence-electron chi connectivity index (χ4n) is 1.70. The van der Waals surface area contributed by atoms with Crippen molar-refractivity contribution in [3.63, 3.8) is 0 Å². The molecule has 2 rings (SSSR count). The number of amidine groups is 1. The third-order valence-corrected chi connectivity index (χ3v) is 4.56. The molecule has 0 aliphatic carbocycles. The lowest BCUT2D eigenvalue weighted by molar-refractivity contribution is 0.0695. The highest BCUT2D eigenvalue weighted by Crippen LogP contribution is 2.14. The van der Waals surface area contributed by atoms with Crippen LogP contribution in [0.1, 0.15) is 21.5 Å². The van der Waals surface area contributed by atoms with Gasteiger partial charge in [0, 0.05) is 9.32 Å². The Morgan fingerprint density at radius 2 is 2.00 bits per heavy atom. The average molecular weight is 439 g/mol. The van der Waals surface area contributed by atoms with Gasteiger partial charge in [0.05, 0.1) is 11.8 Å². The van der Waals surface area contributed by atoms with Crippen molar-refractivity contribution in [1.29, 1.82) is 0 Å². The van der Waals surface area contributed by atoms with Crippen molar-refractivity contribution in [2.24, 2.45) is 15.9 Å². The molecule has 0 amide bonds. The van der Waals surface area contributed by atoms with Gasteiger partial charge in [-0.15, -0.1) is 5.10 Å². The molecule has 0 unspecified atom stereocenters. The highest BCUT2D eigenvalue weighted by molar-refractivity contribution is 14.1. The highest BCUT2D eigenvalue weighted by atomic mass is 127. The molecule has 118 valence electrons. The highest BCUT2D eigenvalue weighted by Gasteiger charge is 2.07. The van der Waals surface area contributed by atoms with Crippen molar-refractivity contribution < 1.29 is 9.90 Å². The maximum absolute atomic E-state index is 10.9. The molecule has 0 atom stereocenters. The summed E-state index contributed by atoms with van der Waals surface area (Å²) < 4.78 is 0.648. The van der Waals surface area contributed by atoms with Crippen molar-refractivity contribution in [2.75, 3.05) is 0 Å². The van der Waals surface area contributed by atoms with Crippen LogP contribution in [0.3, 0.4) is 0 Å². The van der Waals surface area contributed by atoms with Gasteiger partial charge < -0.3 is 10.8 Å². The van der Waals surface area contributed by atoms with Crippen LogP contribution in [0.4, 0.5) is 0 Å². The first-order chi connectivity index (χ1) is 11.1. The second kappa shape index (κ2) is 8.68. The molecule has 5 nitrogen and oxygen atoms in total. The molecule has 0 spiro atoms. The Labute approximate surface area is 151 Å². The zero-order valence-corrected chi connectivity index (χ0v) is 15.0. The van der Waals surface area contributed by atoms with E-state index in [1.807, 2.05) is 52.9 Å². The number of carboxylic acid groups (broad SMARTS) is 1. The zero-order valence-electron chi connectivity index (χ0n) is 12.0.